The van der Waals surface area contributed by atoms with E-state index in [2.05, 4.69) is 38.9 Å². The van der Waals surface area contributed by atoms with E-state index in [9.17, 15) is 13.2 Å². The molecule has 0 radical (unpaired) electrons. The van der Waals surface area contributed by atoms with Gasteiger partial charge in [0.1, 0.15) is 15.9 Å². The maximum atomic E-state index is 13.4. The van der Waals surface area contributed by atoms with Crippen LogP contribution < -0.4 is 10.2 Å². The fourth-order valence-electron chi connectivity index (χ4n) is 4.31. The van der Waals surface area contributed by atoms with Crippen molar-refractivity contribution in [1.82, 2.24) is 13.1 Å². The molecule has 4 rings (SSSR count). The first-order valence-corrected chi connectivity index (χ1v) is 13.4. The predicted octanol–water partition coefficient (Wildman–Crippen LogP) is 3.89. The maximum Gasteiger partial charge on any atom is 0.245 e. The number of nitrogens with zero attached hydrogens (tertiary/aromatic N) is 4. The van der Waals surface area contributed by atoms with E-state index < -0.39 is 15.9 Å². The molecule has 1 aliphatic heterocycles. The number of nitrogens with one attached hydrogen (secondary N) is 1. The lowest BCUT2D eigenvalue weighted by molar-refractivity contribution is -0.120. The first-order valence-electron chi connectivity index (χ1n) is 11.2. The van der Waals surface area contributed by atoms with Crippen molar-refractivity contribution in [3.63, 3.8) is 0 Å². The monoisotopic (exact) mass is 487 g/mol. The van der Waals surface area contributed by atoms with Crippen LogP contribution in [0.2, 0.25) is 0 Å². The summed E-state index contributed by atoms with van der Waals surface area (Å²) in [5.41, 5.74) is 3.81. The molecule has 3 aromatic rings. The van der Waals surface area contributed by atoms with E-state index in [-0.39, 0.29) is 17.3 Å². The second-order valence-corrected chi connectivity index (χ2v) is 10.7. The van der Waals surface area contributed by atoms with Crippen LogP contribution in [0.3, 0.4) is 0 Å². The van der Waals surface area contributed by atoms with Crippen molar-refractivity contribution in [3.05, 3.63) is 42.0 Å². The van der Waals surface area contributed by atoms with Crippen molar-refractivity contribution in [2.45, 2.75) is 38.5 Å². The Morgan fingerprint density at radius 2 is 2.00 bits per heavy atom. The van der Waals surface area contributed by atoms with E-state index >= 15 is 0 Å². The van der Waals surface area contributed by atoms with Gasteiger partial charge in [0.2, 0.25) is 15.9 Å². The summed E-state index contributed by atoms with van der Waals surface area (Å²) < 4.78 is 36.5. The van der Waals surface area contributed by atoms with Gasteiger partial charge in [0.15, 0.2) is 0 Å². The van der Waals surface area contributed by atoms with Gasteiger partial charge in [0.25, 0.3) is 0 Å². The van der Waals surface area contributed by atoms with Gasteiger partial charge in [-0.15, -0.1) is 0 Å². The Hall–Kier alpha value is -2.56. The molecule has 0 saturated carbocycles. The van der Waals surface area contributed by atoms with Gasteiger partial charge in [0.05, 0.1) is 17.6 Å². The number of piperidine rings is 1. The van der Waals surface area contributed by atoms with Crippen molar-refractivity contribution in [2.24, 2.45) is 5.92 Å². The lowest BCUT2D eigenvalue weighted by Crippen LogP contribution is -2.43. The first kappa shape index (κ1) is 23.6. The van der Waals surface area contributed by atoms with Gasteiger partial charge in [-0.1, -0.05) is 6.07 Å². The van der Waals surface area contributed by atoms with E-state index in [0.29, 0.717) is 30.4 Å². The molecule has 0 spiro atoms. The summed E-state index contributed by atoms with van der Waals surface area (Å²) in [6.45, 7) is 8.57. The predicted molar refractivity (Wildman–Crippen MR) is 132 cm³/mol. The molecule has 1 aliphatic rings. The fraction of sp³-hybridized carbons (Fsp3) is 0.435. The van der Waals surface area contributed by atoms with E-state index in [4.69, 9.17) is 0 Å². The van der Waals surface area contributed by atoms with E-state index in [0.717, 1.165) is 41.8 Å². The molecule has 1 fully saturated rings. The average Bonchev–Trinajstić information content (AvgIpc) is 3.30. The number of hydrogen-bond donors (Lipinski definition) is 1. The van der Waals surface area contributed by atoms with Crippen LogP contribution in [0, 0.1) is 12.8 Å². The summed E-state index contributed by atoms with van der Waals surface area (Å²) in [5, 5.41) is 3.02. The Kier molecular flexibility index (Phi) is 6.96. The number of amides is 1. The van der Waals surface area contributed by atoms with Crippen molar-refractivity contribution in [2.75, 3.05) is 36.4 Å². The van der Waals surface area contributed by atoms with Gasteiger partial charge in [-0.25, -0.2) is 8.42 Å². The van der Waals surface area contributed by atoms with Gasteiger partial charge >= 0.3 is 0 Å². The second kappa shape index (κ2) is 9.74. The lowest BCUT2D eigenvalue weighted by atomic mass is 9.98. The van der Waals surface area contributed by atoms with Crippen LogP contribution in [0.4, 0.5) is 11.4 Å². The standard InChI is InChI=1S/C23H29N5O3S2/c1-4-27(5-2)18-11-12-19(16(3)14-18)24-23(29)17-8-7-13-28(15-17)33(30,31)21-10-6-9-20-22(21)26-32-25-20/h6,9-12,14,17H,4-5,7-8,13,15H2,1-3H3,(H,24,29). The number of rotatable bonds is 7. The highest BCUT2D eigenvalue weighted by Crippen LogP contribution is 2.29. The summed E-state index contributed by atoms with van der Waals surface area (Å²) in [4.78, 5) is 15.5. The molecular formula is C23H29N5O3S2. The summed E-state index contributed by atoms with van der Waals surface area (Å²) in [5.74, 6) is -0.565. The molecule has 0 bridgehead atoms. The summed E-state index contributed by atoms with van der Waals surface area (Å²) >= 11 is 0.993. The van der Waals surface area contributed by atoms with Gasteiger partial charge in [-0.05, 0) is 69.5 Å². The number of hydrogen-bond acceptors (Lipinski definition) is 7. The highest BCUT2D eigenvalue weighted by molar-refractivity contribution is 7.89. The summed E-state index contributed by atoms with van der Waals surface area (Å²) in [7, 11) is -3.78. The molecule has 1 amide bonds. The SMILES string of the molecule is CCN(CC)c1ccc(NC(=O)C2CCCN(S(=O)(=O)c3cccc4nsnc34)C2)c(C)c1. The number of carbonyl (C=O) groups excluding carboxylic acids is 1. The van der Waals surface area contributed by atoms with Crippen LogP contribution in [0.5, 0.6) is 0 Å². The van der Waals surface area contributed by atoms with Crippen molar-refractivity contribution in [3.8, 4) is 0 Å². The normalized spacial score (nSPS) is 17.2. The van der Waals surface area contributed by atoms with E-state index in [1.807, 2.05) is 19.1 Å². The Balaban J connectivity index is 1.49. The first-order chi connectivity index (χ1) is 15.8. The van der Waals surface area contributed by atoms with Crippen LogP contribution in [0.15, 0.2) is 41.3 Å². The third-order valence-corrected chi connectivity index (χ3v) is 8.66. The number of aryl methyl sites for hydroxylation is 1. The molecule has 176 valence electrons. The minimum atomic E-state index is -3.78. The number of anilines is 2. The maximum absolute atomic E-state index is 13.4. The summed E-state index contributed by atoms with van der Waals surface area (Å²) in [6.07, 6.45) is 1.28. The minimum absolute atomic E-state index is 0.151. The smallest absolute Gasteiger partial charge is 0.245 e. The lowest BCUT2D eigenvalue weighted by Gasteiger charge is -2.31. The van der Waals surface area contributed by atoms with Crippen molar-refractivity contribution in [1.29, 1.82) is 0 Å². The topological polar surface area (TPSA) is 95.5 Å². The Morgan fingerprint density at radius 3 is 2.73 bits per heavy atom. The molecule has 1 N–H and O–H groups in total. The molecular weight excluding hydrogens is 458 g/mol. The molecule has 2 aromatic carbocycles. The third-order valence-electron chi connectivity index (χ3n) is 6.22. The summed E-state index contributed by atoms with van der Waals surface area (Å²) in [6, 6.07) is 11.0. The zero-order valence-electron chi connectivity index (χ0n) is 19.1. The molecule has 1 saturated heterocycles. The minimum Gasteiger partial charge on any atom is -0.372 e. The Morgan fingerprint density at radius 1 is 1.21 bits per heavy atom. The van der Waals surface area contributed by atoms with Crippen molar-refractivity contribution < 1.29 is 13.2 Å². The number of aromatic nitrogens is 2. The Labute approximate surface area is 199 Å². The van der Waals surface area contributed by atoms with Crippen molar-refractivity contribution >= 4 is 50.1 Å². The Bertz CT molecular complexity index is 1250. The van der Waals surface area contributed by atoms with Crippen LogP contribution in [0.1, 0.15) is 32.3 Å². The number of sulfonamides is 1. The molecule has 10 heteroatoms. The largest absolute Gasteiger partial charge is 0.372 e. The zero-order valence-corrected chi connectivity index (χ0v) is 20.7. The van der Waals surface area contributed by atoms with E-state index in [1.54, 1.807) is 18.2 Å². The fourth-order valence-corrected chi connectivity index (χ4v) is 6.59. The van der Waals surface area contributed by atoms with Gasteiger partial charge in [0, 0.05) is 37.6 Å². The van der Waals surface area contributed by atoms with Gasteiger partial charge in [-0.2, -0.15) is 13.1 Å². The second-order valence-electron chi connectivity index (χ2n) is 8.25. The van der Waals surface area contributed by atoms with Gasteiger partial charge < -0.3 is 10.2 Å². The number of fused-ring (bicyclic) bond motifs is 1. The third kappa shape index (κ3) is 4.73. The number of carbonyl (C=O) groups is 1. The van der Waals surface area contributed by atoms with Crippen LogP contribution in [0.25, 0.3) is 11.0 Å². The zero-order chi connectivity index (χ0) is 23.6. The molecule has 2 heterocycles. The van der Waals surface area contributed by atoms with E-state index in [1.165, 1.54) is 4.31 Å². The molecule has 1 unspecified atom stereocenters. The highest BCUT2D eigenvalue weighted by Gasteiger charge is 2.34. The van der Waals surface area contributed by atoms with Crippen LogP contribution in [-0.4, -0.2) is 53.6 Å². The highest BCUT2D eigenvalue weighted by atomic mass is 32.2. The quantitative estimate of drug-likeness (QED) is 0.543. The van der Waals surface area contributed by atoms with Crippen LogP contribution >= 0.6 is 11.7 Å². The number of benzene rings is 2. The molecule has 1 atom stereocenters. The molecule has 1 aromatic heterocycles. The van der Waals surface area contributed by atoms with Crippen LogP contribution in [-0.2, 0) is 14.8 Å². The van der Waals surface area contributed by atoms with Gasteiger partial charge in [-0.3, -0.25) is 4.79 Å². The molecule has 33 heavy (non-hydrogen) atoms. The molecule has 8 nitrogen and oxygen atoms in total. The molecule has 0 aliphatic carbocycles. The average molecular weight is 488 g/mol.